The van der Waals surface area contributed by atoms with E-state index in [1.165, 1.54) is 11.3 Å². The minimum absolute atomic E-state index is 0.539. The molecule has 2 aliphatic heterocycles. The van der Waals surface area contributed by atoms with Crippen LogP contribution in [0.1, 0.15) is 24.0 Å². The number of ether oxygens (including phenoxy) is 1. The van der Waals surface area contributed by atoms with Crippen molar-refractivity contribution >= 4 is 21.4 Å². The minimum atomic E-state index is -3.29. The Hall–Kier alpha value is -1.56. The maximum absolute atomic E-state index is 11.4. The monoisotopic (exact) mass is 294 g/mol. The second-order valence-corrected chi connectivity index (χ2v) is 7.03. The molecule has 5 nitrogen and oxygen atoms in total. The third-order valence-electron chi connectivity index (χ3n) is 3.60. The Bertz CT molecular complexity index is 665. The summed E-state index contributed by atoms with van der Waals surface area (Å²) >= 11 is 0. The first-order valence-corrected chi connectivity index (χ1v) is 8.69. The second-order valence-electron chi connectivity index (χ2n) is 5.28. The summed E-state index contributed by atoms with van der Waals surface area (Å²) in [6.45, 7) is 1.54. The Morgan fingerprint density at radius 2 is 2.20 bits per heavy atom. The summed E-state index contributed by atoms with van der Waals surface area (Å²) in [5.74, 6) is 0.687. The molecule has 0 aromatic heterocycles. The molecule has 0 saturated heterocycles. The molecule has 0 fully saturated rings. The van der Waals surface area contributed by atoms with Gasteiger partial charge in [0.2, 0.25) is 10.0 Å². The van der Waals surface area contributed by atoms with Crippen molar-refractivity contribution in [3.63, 3.8) is 0 Å². The van der Waals surface area contributed by atoms with Crippen LogP contribution in [0.15, 0.2) is 17.1 Å². The summed E-state index contributed by atoms with van der Waals surface area (Å²) < 4.78 is 30.9. The Balaban J connectivity index is 1.92. The highest BCUT2D eigenvalue weighted by molar-refractivity contribution is 7.92. The standard InChI is InChI=1S/C14H18N2O3S/c1-20(17,18)16-13-5-4-10(9-11-3-2-7-15-11)12-6-8-19-14(12)13/h4-5,16H,2-3,6-9H2,1H3. The quantitative estimate of drug-likeness (QED) is 0.920. The number of fused-ring (bicyclic) bond motifs is 1. The van der Waals surface area contributed by atoms with Crippen LogP contribution in [-0.2, 0) is 22.9 Å². The van der Waals surface area contributed by atoms with Gasteiger partial charge in [0, 0.05) is 30.7 Å². The van der Waals surface area contributed by atoms with Gasteiger partial charge in [-0.1, -0.05) is 6.07 Å². The number of rotatable bonds is 4. The molecule has 0 bridgehead atoms. The van der Waals surface area contributed by atoms with Crippen LogP contribution in [0.25, 0.3) is 0 Å². The molecule has 0 aliphatic carbocycles. The third-order valence-corrected chi connectivity index (χ3v) is 4.20. The molecule has 0 atom stereocenters. The average molecular weight is 294 g/mol. The Labute approximate surface area is 119 Å². The van der Waals surface area contributed by atoms with Crippen LogP contribution >= 0.6 is 0 Å². The van der Waals surface area contributed by atoms with Gasteiger partial charge in [0.1, 0.15) is 5.75 Å². The smallest absolute Gasteiger partial charge is 0.229 e. The van der Waals surface area contributed by atoms with Crippen molar-refractivity contribution in [3.8, 4) is 5.75 Å². The predicted octanol–water partition coefficient (Wildman–Crippen LogP) is 1.77. The number of nitrogens with one attached hydrogen (secondary N) is 1. The molecule has 2 aliphatic rings. The van der Waals surface area contributed by atoms with Crippen LogP contribution in [-0.4, -0.2) is 33.5 Å². The molecule has 20 heavy (non-hydrogen) atoms. The number of aliphatic imine (C=N–C) groups is 1. The molecule has 1 N–H and O–H groups in total. The molecule has 3 rings (SSSR count). The van der Waals surface area contributed by atoms with E-state index in [0.717, 1.165) is 44.0 Å². The summed E-state index contributed by atoms with van der Waals surface area (Å²) in [5, 5.41) is 0. The first kappa shape index (κ1) is 13.4. The number of sulfonamides is 1. The second kappa shape index (κ2) is 5.09. The number of nitrogens with zero attached hydrogens (tertiary/aromatic N) is 1. The van der Waals surface area contributed by atoms with E-state index < -0.39 is 10.0 Å². The Morgan fingerprint density at radius 1 is 1.35 bits per heavy atom. The summed E-state index contributed by atoms with van der Waals surface area (Å²) in [6.07, 6.45) is 5.04. The summed E-state index contributed by atoms with van der Waals surface area (Å²) in [6, 6.07) is 3.78. The molecule has 1 aromatic rings. The lowest BCUT2D eigenvalue weighted by molar-refractivity contribution is 0.358. The van der Waals surface area contributed by atoms with Crippen molar-refractivity contribution in [1.82, 2.24) is 0 Å². The van der Waals surface area contributed by atoms with E-state index in [4.69, 9.17) is 4.74 Å². The maximum atomic E-state index is 11.4. The summed E-state index contributed by atoms with van der Waals surface area (Å²) in [4.78, 5) is 4.50. The van der Waals surface area contributed by atoms with E-state index in [1.807, 2.05) is 6.07 Å². The fourth-order valence-electron chi connectivity index (χ4n) is 2.77. The predicted molar refractivity (Wildman–Crippen MR) is 79.3 cm³/mol. The van der Waals surface area contributed by atoms with Crippen LogP contribution in [0.3, 0.4) is 0 Å². The minimum Gasteiger partial charge on any atom is -0.491 e. The van der Waals surface area contributed by atoms with Crippen LogP contribution in [0, 0.1) is 0 Å². The highest BCUT2D eigenvalue weighted by Crippen LogP contribution is 2.37. The van der Waals surface area contributed by atoms with Gasteiger partial charge in [-0.3, -0.25) is 9.71 Å². The maximum Gasteiger partial charge on any atom is 0.229 e. The van der Waals surface area contributed by atoms with Crippen molar-refractivity contribution in [2.24, 2.45) is 4.99 Å². The SMILES string of the molecule is CS(=O)(=O)Nc1ccc(CC2=NCCC2)c2c1OCC2. The van der Waals surface area contributed by atoms with Gasteiger partial charge in [0.25, 0.3) is 0 Å². The van der Waals surface area contributed by atoms with Gasteiger partial charge in [-0.2, -0.15) is 0 Å². The lowest BCUT2D eigenvalue weighted by Crippen LogP contribution is -2.11. The lowest BCUT2D eigenvalue weighted by Gasteiger charge is -2.12. The van der Waals surface area contributed by atoms with Gasteiger partial charge in [-0.15, -0.1) is 0 Å². The first-order chi connectivity index (χ1) is 9.53. The number of hydrogen-bond donors (Lipinski definition) is 1. The topological polar surface area (TPSA) is 67.8 Å². The number of anilines is 1. The van der Waals surface area contributed by atoms with E-state index in [-0.39, 0.29) is 0 Å². The van der Waals surface area contributed by atoms with E-state index >= 15 is 0 Å². The van der Waals surface area contributed by atoms with Gasteiger partial charge in [-0.25, -0.2) is 8.42 Å². The largest absolute Gasteiger partial charge is 0.491 e. The molecule has 0 unspecified atom stereocenters. The highest BCUT2D eigenvalue weighted by Gasteiger charge is 2.22. The van der Waals surface area contributed by atoms with Crippen molar-refractivity contribution in [2.45, 2.75) is 25.7 Å². The van der Waals surface area contributed by atoms with Crippen molar-refractivity contribution in [2.75, 3.05) is 24.1 Å². The van der Waals surface area contributed by atoms with E-state index in [2.05, 4.69) is 9.71 Å². The Kier molecular flexibility index (Phi) is 3.41. The van der Waals surface area contributed by atoms with Gasteiger partial charge in [-0.05, 0) is 24.5 Å². The fraction of sp³-hybridized carbons (Fsp3) is 0.500. The van der Waals surface area contributed by atoms with Crippen molar-refractivity contribution in [3.05, 3.63) is 23.3 Å². The van der Waals surface area contributed by atoms with Gasteiger partial charge in [0.15, 0.2) is 0 Å². The number of benzene rings is 1. The molecular weight excluding hydrogens is 276 g/mol. The van der Waals surface area contributed by atoms with Gasteiger partial charge >= 0.3 is 0 Å². The molecule has 6 heteroatoms. The highest BCUT2D eigenvalue weighted by atomic mass is 32.2. The third kappa shape index (κ3) is 2.80. The molecule has 1 aromatic carbocycles. The summed E-state index contributed by atoms with van der Waals surface area (Å²) in [7, 11) is -3.29. The van der Waals surface area contributed by atoms with Crippen LogP contribution < -0.4 is 9.46 Å². The summed E-state index contributed by atoms with van der Waals surface area (Å²) in [5.41, 5.74) is 4.10. The molecular formula is C14H18N2O3S. The van der Waals surface area contributed by atoms with Crippen molar-refractivity contribution < 1.29 is 13.2 Å². The Morgan fingerprint density at radius 3 is 2.90 bits per heavy atom. The number of hydrogen-bond acceptors (Lipinski definition) is 4. The zero-order chi connectivity index (χ0) is 14.2. The van der Waals surface area contributed by atoms with E-state index in [1.54, 1.807) is 6.07 Å². The van der Waals surface area contributed by atoms with Gasteiger partial charge < -0.3 is 4.74 Å². The lowest BCUT2D eigenvalue weighted by atomic mass is 9.98. The molecule has 0 radical (unpaired) electrons. The van der Waals surface area contributed by atoms with Crippen LogP contribution in [0.2, 0.25) is 0 Å². The molecule has 2 heterocycles. The van der Waals surface area contributed by atoms with Gasteiger partial charge in [0.05, 0.1) is 18.6 Å². The zero-order valence-corrected chi connectivity index (χ0v) is 12.3. The first-order valence-electron chi connectivity index (χ1n) is 6.80. The van der Waals surface area contributed by atoms with Crippen LogP contribution in [0.5, 0.6) is 5.75 Å². The fourth-order valence-corrected chi connectivity index (χ4v) is 3.33. The molecule has 0 amide bonds. The van der Waals surface area contributed by atoms with E-state index in [9.17, 15) is 8.42 Å². The molecule has 0 saturated carbocycles. The normalized spacial score (nSPS) is 17.6. The average Bonchev–Trinajstić information content (AvgIpc) is 3.01. The van der Waals surface area contributed by atoms with E-state index in [0.29, 0.717) is 18.0 Å². The molecule has 108 valence electrons. The molecule has 0 spiro atoms. The zero-order valence-electron chi connectivity index (χ0n) is 11.5. The van der Waals surface area contributed by atoms with Crippen molar-refractivity contribution in [1.29, 1.82) is 0 Å². The van der Waals surface area contributed by atoms with Crippen LogP contribution in [0.4, 0.5) is 5.69 Å².